The summed E-state index contributed by atoms with van der Waals surface area (Å²) >= 11 is 0. The van der Waals surface area contributed by atoms with Crippen LogP contribution < -0.4 is 10.1 Å². The van der Waals surface area contributed by atoms with Gasteiger partial charge in [0.05, 0.1) is 18.8 Å². The zero-order valence-corrected chi connectivity index (χ0v) is 11.5. The van der Waals surface area contributed by atoms with Gasteiger partial charge in [-0.25, -0.2) is 0 Å². The number of para-hydroxylation sites is 1. The molecule has 1 N–H and O–H groups in total. The molecule has 5 nitrogen and oxygen atoms in total. The Morgan fingerprint density at radius 1 is 1.40 bits per heavy atom. The molecule has 1 amide bonds. The van der Waals surface area contributed by atoms with Crippen LogP contribution in [-0.4, -0.2) is 32.3 Å². The number of nitrogens with zero attached hydrogens (tertiary/aromatic N) is 1. The van der Waals surface area contributed by atoms with Gasteiger partial charge in [0, 0.05) is 6.54 Å². The Bertz CT molecular complexity index is 506. The van der Waals surface area contributed by atoms with Crippen LogP contribution in [0.3, 0.4) is 0 Å². The molecule has 0 bridgehead atoms. The number of carbonyl (C=O) groups is 1. The van der Waals surface area contributed by atoms with Crippen molar-refractivity contribution in [3.05, 3.63) is 42.0 Å². The highest BCUT2D eigenvalue weighted by molar-refractivity contribution is 5.77. The first kappa shape index (κ1) is 15.7. The minimum absolute atomic E-state index is 0.126. The van der Waals surface area contributed by atoms with Crippen LogP contribution in [-0.2, 0) is 9.53 Å². The number of nitrogens with one attached hydrogen (secondary N) is 1. The van der Waals surface area contributed by atoms with Gasteiger partial charge in [-0.05, 0) is 19.1 Å². The number of nitriles is 1. The lowest BCUT2D eigenvalue weighted by Crippen LogP contribution is -2.31. The molecule has 0 aliphatic heterocycles. The zero-order chi connectivity index (χ0) is 14.8. The van der Waals surface area contributed by atoms with Gasteiger partial charge in [-0.2, -0.15) is 5.26 Å². The van der Waals surface area contributed by atoms with E-state index in [2.05, 4.69) is 11.9 Å². The second kappa shape index (κ2) is 8.73. The molecule has 0 aliphatic carbocycles. The molecule has 0 fully saturated rings. The number of hydrogen-bond donors (Lipinski definition) is 1. The Labute approximate surface area is 118 Å². The predicted molar refractivity (Wildman–Crippen MR) is 75.3 cm³/mol. The van der Waals surface area contributed by atoms with Crippen LogP contribution in [0, 0.1) is 11.3 Å². The lowest BCUT2D eigenvalue weighted by Gasteiger charge is -2.08. The summed E-state index contributed by atoms with van der Waals surface area (Å²) in [7, 11) is 0. The molecule has 0 aromatic heterocycles. The molecule has 0 radical (unpaired) electrons. The summed E-state index contributed by atoms with van der Waals surface area (Å²) in [4.78, 5) is 11.5. The highest BCUT2D eigenvalue weighted by Gasteiger charge is 2.05. The second-order valence-corrected chi connectivity index (χ2v) is 4.26. The van der Waals surface area contributed by atoms with E-state index in [1.807, 2.05) is 13.0 Å². The summed E-state index contributed by atoms with van der Waals surface area (Å²) in [6, 6.07) is 8.79. The van der Waals surface area contributed by atoms with Crippen LogP contribution in [0.2, 0.25) is 0 Å². The fraction of sp³-hybridized carbons (Fsp3) is 0.333. The van der Waals surface area contributed by atoms with Crippen molar-refractivity contribution >= 4 is 5.91 Å². The number of carbonyl (C=O) groups excluding carboxylic acids is 1. The van der Waals surface area contributed by atoms with Crippen LogP contribution in [0.15, 0.2) is 36.4 Å². The first-order valence-electron chi connectivity index (χ1n) is 6.24. The van der Waals surface area contributed by atoms with Gasteiger partial charge < -0.3 is 14.8 Å². The standard InChI is InChI=1S/C15H18N2O3/c1-12(2)10-19-8-7-17-15(18)11-20-14-6-4-3-5-13(14)9-16/h3-6H,1,7-8,10-11H2,2H3,(H,17,18). The van der Waals surface area contributed by atoms with E-state index in [0.717, 1.165) is 5.57 Å². The van der Waals surface area contributed by atoms with Gasteiger partial charge in [0.15, 0.2) is 6.61 Å². The zero-order valence-electron chi connectivity index (χ0n) is 11.5. The van der Waals surface area contributed by atoms with Crippen molar-refractivity contribution in [1.82, 2.24) is 5.32 Å². The largest absolute Gasteiger partial charge is 0.482 e. The smallest absolute Gasteiger partial charge is 0.258 e. The maximum atomic E-state index is 11.5. The third-order valence-electron chi connectivity index (χ3n) is 2.28. The highest BCUT2D eigenvalue weighted by Crippen LogP contribution is 2.15. The molecule has 0 aliphatic rings. The van der Waals surface area contributed by atoms with Crippen LogP contribution in [0.4, 0.5) is 0 Å². The number of ether oxygens (including phenoxy) is 2. The lowest BCUT2D eigenvalue weighted by atomic mass is 10.2. The molecule has 106 valence electrons. The lowest BCUT2D eigenvalue weighted by molar-refractivity contribution is -0.123. The summed E-state index contributed by atoms with van der Waals surface area (Å²) < 4.78 is 10.5. The summed E-state index contributed by atoms with van der Waals surface area (Å²) in [6.45, 7) is 6.78. The van der Waals surface area contributed by atoms with E-state index in [4.69, 9.17) is 14.7 Å². The van der Waals surface area contributed by atoms with Crippen molar-refractivity contribution < 1.29 is 14.3 Å². The van der Waals surface area contributed by atoms with Crippen molar-refractivity contribution in [2.75, 3.05) is 26.4 Å². The molecule has 0 saturated carbocycles. The van der Waals surface area contributed by atoms with Crippen LogP contribution in [0.1, 0.15) is 12.5 Å². The molecular weight excluding hydrogens is 256 g/mol. The van der Waals surface area contributed by atoms with E-state index in [0.29, 0.717) is 31.1 Å². The predicted octanol–water partition coefficient (Wildman–Crippen LogP) is 1.65. The Morgan fingerprint density at radius 3 is 2.85 bits per heavy atom. The molecule has 1 aromatic rings. The van der Waals surface area contributed by atoms with Crippen molar-refractivity contribution in [3.63, 3.8) is 0 Å². The Balaban J connectivity index is 2.23. The summed E-state index contributed by atoms with van der Waals surface area (Å²) in [5.74, 6) is 0.153. The van der Waals surface area contributed by atoms with Gasteiger partial charge in [0.2, 0.25) is 0 Å². The average Bonchev–Trinajstić information content (AvgIpc) is 2.44. The second-order valence-electron chi connectivity index (χ2n) is 4.26. The van der Waals surface area contributed by atoms with Crippen LogP contribution in [0.25, 0.3) is 0 Å². The number of hydrogen-bond acceptors (Lipinski definition) is 4. The third-order valence-corrected chi connectivity index (χ3v) is 2.28. The van der Waals surface area contributed by atoms with Gasteiger partial charge in [-0.1, -0.05) is 24.3 Å². The molecule has 0 unspecified atom stereocenters. The summed E-state index contributed by atoms with van der Waals surface area (Å²) in [5, 5.41) is 11.5. The molecule has 0 saturated heterocycles. The Morgan fingerprint density at radius 2 is 2.15 bits per heavy atom. The minimum atomic E-state index is -0.253. The maximum Gasteiger partial charge on any atom is 0.258 e. The van der Waals surface area contributed by atoms with E-state index in [1.54, 1.807) is 24.3 Å². The number of amides is 1. The SMILES string of the molecule is C=C(C)COCCNC(=O)COc1ccccc1C#N. The van der Waals surface area contributed by atoms with Crippen molar-refractivity contribution in [3.8, 4) is 11.8 Å². The topological polar surface area (TPSA) is 71.3 Å². The average molecular weight is 274 g/mol. The summed E-state index contributed by atoms with van der Waals surface area (Å²) in [6.07, 6.45) is 0. The Kier molecular flexibility index (Phi) is 6.87. The molecule has 1 rings (SSSR count). The normalized spacial score (nSPS) is 9.60. The van der Waals surface area contributed by atoms with Crippen LogP contribution >= 0.6 is 0 Å². The number of benzene rings is 1. The van der Waals surface area contributed by atoms with E-state index >= 15 is 0 Å². The maximum absolute atomic E-state index is 11.5. The Hall–Kier alpha value is -2.32. The minimum Gasteiger partial charge on any atom is -0.482 e. The molecular formula is C15H18N2O3. The fourth-order valence-corrected chi connectivity index (χ4v) is 1.39. The molecule has 20 heavy (non-hydrogen) atoms. The first-order valence-corrected chi connectivity index (χ1v) is 6.24. The first-order chi connectivity index (χ1) is 9.63. The van der Waals surface area contributed by atoms with E-state index in [9.17, 15) is 4.79 Å². The fourth-order valence-electron chi connectivity index (χ4n) is 1.39. The molecule has 5 heteroatoms. The van der Waals surface area contributed by atoms with E-state index in [1.165, 1.54) is 0 Å². The van der Waals surface area contributed by atoms with Gasteiger partial charge in [0.1, 0.15) is 11.8 Å². The van der Waals surface area contributed by atoms with Crippen molar-refractivity contribution in [1.29, 1.82) is 5.26 Å². The van der Waals surface area contributed by atoms with Gasteiger partial charge in [0.25, 0.3) is 5.91 Å². The van der Waals surface area contributed by atoms with Crippen molar-refractivity contribution in [2.24, 2.45) is 0 Å². The van der Waals surface area contributed by atoms with E-state index in [-0.39, 0.29) is 12.5 Å². The van der Waals surface area contributed by atoms with Gasteiger partial charge in [-0.15, -0.1) is 0 Å². The molecule has 1 aromatic carbocycles. The van der Waals surface area contributed by atoms with Crippen LogP contribution in [0.5, 0.6) is 5.75 Å². The number of rotatable bonds is 8. The summed E-state index contributed by atoms with van der Waals surface area (Å²) in [5.41, 5.74) is 1.35. The molecule has 0 atom stereocenters. The third kappa shape index (κ3) is 6.03. The monoisotopic (exact) mass is 274 g/mol. The van der Waals surface area contributed by atoms with E-state index < -0.39 is 0 Å². The van der Waals surface area contributed by atoms with Gasteiger partial charge in [-0.3, -0.25) is 4.79 Å². The van der Waals surface area contributed by atoms with Crippen molar-refractivity contribution in [2.45, 2.75) is 6.92 Å². The molecule has 0 heterocycles. The molecule has 0 spiro atoms. The van der Waals surface area contributed by atoms with Gasteiger partial charge >= 0.3 is 0 Å². The quantitative estimate of drug-likeness (QED) is 0.578. The highest BCUT2D eigenvalue weighted by atomic mass is 16.5.